The standard InChI is InChI=1S/C9H5Cl2NO/c10-6-1-2-8(11)7(5-6)9(13)3-4-12/h1-2,5H,3H2. The molecule has 0 radical (unpaired) electrons. The Morgan fingerprint density at radius 1 is 1.46 bits per heavy atom. The number of nitrogens with zero attached hydrogens (tertiary/aromatic N) is 1. The van der Waals surface area contributed by atoms with Crippen molar-refractivity contribution in [1.82, 2.24) is 0 Å². The Kier molecular flexibility index (Phi) is 3.30. The smallest absolute Gasteiger partial charge is 0.178 e. The molecule has 0 bridgehead atoms. The van der Waals surface area contributed by atoms with Crippen LogP contribution in [-0.4, -0.2) is 5.78 Å². The normalized spacial score (nSPS) is 9.31. The van der Waals surface area contributed by atoms with Gasteiger partial charge in [-0.15, -0.1) is 0 Å². The molecule has 0 spiro atoms. The lowest BCUT2D eigenvalue weighted by atomic mass is 10.1. The third-order valence-corrected chi connectivity index (χ3v) is 2.03. The highest BCUT2D eigenvalue weighted by Gasteiger charge is 2.09. The van der Waals surface area contributed by atoms with E-state index in [0.29, 0.717) is 15.6 Å². The Labute approximate surface area is 85.7 Å². The molecule has 0 saturated heterocycles. The minimum absolute atomic E-state index is 0.180. The summed E-state index contributed by atoms with van der Waals surface area (Å²) in [5.41, 5.74) is 0.302. The van der Waals surface area contributed by atoms with E-state index < -0.39 is 0 Å². The molecule has 0 saturated carbocycles. The molecule has 0 N–H and O–H groups in total. The Morgan fingerprint density at radius 3 is 2.77 bits per heavy atom. The summed E-state index contributed by atoms with van der Waals surface area (Å²) in [5, 5.41) is 9.07. The number of rotatable bonds is 2. The van der Waals surface area contributed by atoms with Gasteiger partial charge in [0.25, 0.3) is 0 Å². The van der Waals surface area contributed by atoms with Crippen molar-refractivity contribution in [3.05, 3.63) is 33.8 Å². The molecule has 2 nitrogen and oxygen atoms in total. The van der Waals surface area contributed by atoms with Gasteiger partial charge >= 0.3 is 0 Å². The van der Waals surface area contributed by atoms with E-state index >= 15 is 0 Å². The third-order valence-electron chi connectivity index (χ3n) is 1.47. The first-order chi connectivity index (χ1) is 6.15. The summed E-state index contributed by atoms with van der Waals surface area (Å²) < 4.78 is 0. The van der Waals surface area contributed by atoms with Crippen molar-refractivity contribution < 1.29 is 4.79 Å². The van der Waals surface area contributed by atoms with Gasteiger partial charge < -0.3 is 0 Å². The Balaban J connectivity index is 3.07. The predicted octanol–water partition coefficient (Wildman–Crippen LogP) is 3.09. The summed E-state index contributed by atoms with van der Waals surface area (Å²) in [7, 11) is 0. The first kappa shape index (κ1) is 10.0. The molecular weight excluding hydrogens is 209 g/mol. The van der Waals surface area contributed by atoms with Gasteiger partial charge in [0.05, 0.1) is 17.5 Å². The molecule has 0 amide bonds. The van der Waals surface area contributed by atoms with Gasteiger partial charge in [-0.05, 0) is 18.2 Å². The highest BCUT2D eigenvalue weighted by atomic mass is 35.5. The second-order valence-electron chi connectivity index (χ2n) is 2.38. The third kappa shape index (κ3) is 2.45. The van der Waals surface area contributed by atoms with Gasteiger partial charge in [0, 0.05) is 10.6 Å². The van der Waals surface area contributed by atoms with E-state index in [0.717, 1.165) is 0 Å². The van der Waals surface area contributed by atoms with Crippen molar-refractivity contribution in [3.63, 3.8) is 0 Å². The van der Waals surface area contributed by atoms with E-state index in [9.17, 15) is 4.79 Å². The van der Waals surface area contributed by atoms with Gasteiger partial charge in [0.2, 0.25) is 0 Å². The molecule has 0 unspecified atom stereocenters. The fraction of sp³-hybridized carbons (Fsp3) is 0.111. The van der Waals surface area contributed by atoms with Crippen LogP contribution in [-0.2, 0) is 0 Å². The lowest BCUT2D eigenvalue weighted by Gasteiger charge is -2.00. The molecular formula is C9H5Cl2NO. The van der Waals surface area contributed by atoms with Crippen LogP contribution in [0.3, 0.4) is 0 Å². The molecule has 0 aliphatic heterocycles. The number of carbonyl (C=O) groups is 1. The summed E-state index contributed by atoms with van der Waals surface area (Å²) in [4.78, 5) is 11.3. The van der Waals surface area contributed by atoms with E-state index in [4.69, 9.17) is 28.5 Å². The summed E-state index contributed by atoms with van der Waals surface area (Å²) in [6, 6.07) is 6.35. The monoisotopic (exact) mass is 213 g/mol. The Hall–Kier alpha value is -1.04. The molecule has 1 rings (SSSR count). The predicted molar refractivity (Wildman–Crippen MR) is 51.0 cm³/mol. The number of ketones is 1. The highest BCUT2D eigenvalue weighted by Crippen LogP contribution is 2.21. The maximum absolute atomic E-state index is 11.3. The fourth-order valence-corrected chi connectivity index (χ4v) is 1.27. The van der Waals surface area contributed by atoms with Gasteiger partial charge in [-0.3, -0.25) is 4.79 Å². The fourth-order valence-electron chi connectivity index (χ4n) is 0.878. The maximum atomic E-state index is 11.3. The van der Waals surface area contributed by atoms with Crippen LogP contribution in [0.15, 0.2) is 18.2 Å². The van der Waals surface area contributed by atoms with E-state index in [2.05, 4.69) is 0 Å². The zero-order valence-electron chi connectivity index (χ0n) is 6.55. The number of halogens is 2. The van der Waals surface area contributed by atoms with Gasteiger partial charge in [-0.25, -0.2) is 0 Å². The molecule has 13 heavy (non-hydrogen) atoms. The van der Waals surface area contributed by atoms with Crippen LogP contribution in [0.4, 0.5) is 0 Å². The summed E-state index contributed by atoms with van der Waals surface area (Å²) in [6.07, 6.45) is -0.180. The molecule has 0 atom stereocenters. The first-order valence-corrected chi connectivity index (χ1v) is 4.26. The molecule has 0 aliphatic rings. The summed E-state index contributed by atoms with van der Waals surface area (Å²) >= 11 is 11.4. The summed E-state index contributed by atoms with van der Waals surface area (Å²) in [6.45, 7) is 0. The number of hydrogen-bond donors (Lipinski definition) is 0. The van der Waals surface area contributed by atoms with Crippen LogP contribution in [0.2, 0.25) is 10.0 Å². The van der Waals surface area contributed by atoms with Crippen LogP contribution in [0.25, 0.3) is 0 Å². The van der Waals surface area contributed by atoms with Gasteiger partial charge in [0.15, 0.2) is 5.78 Å². The number of Topliss-reactive ketones (excluding diaryl/α,β-unsaturated/α-hetero) is 1. The quantitative estimate of drug-likeness (QED) is 0.709. The Morgan fingerprint density at radius 2 is 2.15 bits per heavy atom. The van der Waals surface area contributed by atoms with Crippen molar-refractivity contribution in [2.45, 2.75) is 6.42 Å². The van der Waals surface area contributed by atoms with E-state index in [1.54, 1.807) is 12.1 Å². The van der Waals surface area contributed by atoms with E-state index in [1.807, 2.05) is 0 Å². The number of hydrogen-bond acceptors (Lipinski definition) is 2. The highest BCUT2D eigenvalue weighted by molar-refractivity contribution is 6.35. The largest absolute Gasteiger partial charge is 0.293 e. The van der Waals surface area contributed by atoms with Crippen LogP contribution in [0, 0.1) is 11.3 Å². The molecule has 0 aliphatic carbocycles. The molecule has 0 heterocycles. The van der Waals surface area contributed by atoms with E-state index in [1.165, 1.54) is 12.1 Å². The molecule has 66 valence electrons. The van der Waals surface area contributed by atoms with Crippen molar-refractivity contribution in [1.29, 1.82) is 5.26 Å². The van der Waals surface area contributed by atoms with Gasteiger partial charge in [0.1, 0.15) is 0 Å². The van der Waals surface area contributed by atoms with Crippen LogP contribution < -0.4 is 0 Å². The lowest BCUT2D eigenvalue weighted by Crippen LogP contribution is -1.98. The first-order valence-electron chi connectivity index (χ1n) is 3.50. The molecule has 4 heteroatoms. The second-order valence-corrected chi connectivity index (χ2v) is 3.23. The van der Waals surface area contributed by atoms with Crippen molar-refractivity contribution in [2.24, 2.45) is 0 Å². The maximum Gasteiger partial charge on any atom is 0.178 e. The topological polar surface area (TPSA) is 40.9 Å². The van der Waals surface area contributed by atoms with Gasteiger partial charge in [-0.1, -0.05) is 23.2 Å². The molecule has 0 fully saturated rings. The van der Waals surface area contributed by atoms with Crippen LogP contribution in [0.1, 0.15) is 16.8 Å². The average molecular weight is 214 g/mol. The zero-order chi connectivity index (χ0) is 9.84. The zero-order valence-corrected chi connectivity index (χ0v) is 8.06. The Bertz CT molecular complexity index is 382. The van der Waals surface area contributed by atoms with E-state index in [-0.39, 0.29) is 12.2 Å². The number of carbonyl (C=O) groups excluding carboxylic acids is 1. The minimum atomic E-state index is -0.310. The SMILES string of the molecule is N#CCC(=O)c1cc(Cl)ccc1Cl. The number of benzene rings is 1. The molecule has 0 aromatic heterocycles. The minimum Gasteiger partial charge on any atom is -0.293 e. The molecule has 1 aromatic rings. The lowest BCUT2D eigenvalue weighted by molar-refractivity contribution is 0.0998. The van der Waals surface area contributed by atoms with Gasteiger partial charge in [-0.2, -0.15) is 5.26 Å². The van der Waals surface area contributed by atoms with Crippen LogP contribution in [0.5, 0.6) is 0 Å². The van der Waals surface area contributed by atoms with Crippen molar-refractivity contribution >= 4 is 29.0 Å². The average Bonchev–Trinajstić information content (AvgIpc) is 2.09. The second kappa shape index (κ2) is 4.27. The van der Waals surface area contributed by atoms with Crippen molar-refractivity contribution in [3.8, 4) is 6.07 Å². The summed E-state index contributed by atoms with van der Waals surface area (Å²) in [5.74, 6) is -0.310. The van der Waals surface area contributed by atoms with Crippen LogP contribution >= 0.6 is 23.2 Å². The number of nitriles is 1. The van der Waals surface area contributed by atoms with Crippen molar-refractivity contribution in [2.75, 3.05) is 0 Å². The molecule has 1 aromatic carbocycles.